The van der Waals surface area contributed by atoms with Crippen LogP contribution in [0.1, 0.15) is 21.5 Å². The first kappa shape index (κ1) is 18.8. The van der Waals surface area contributed by atoms with E-state index in [9.17, 15) is 4.79 Å². The molecule has 7 nitrogen and oxygen atoms in total. The number of para-hydroxylation sites is 1. The third-order valence-electron chi connectivity index (χ3n) is 4.48. The summed E-state index contributed by atoms with van der Waals surface area (Å²) in [6.07, 6.45) is 1.51. The van der Waals surface area contributed by atoms with Gasteiger partial charge in [0.1, 0.15) is 11.8 Å². The Kier molecular flexibility index (Phi) is 5.09. The van der Waals surface area contributed by atoms with Crippen molar-refractivity contribution in [3.8, 4) is 0 Å². The molecule has 2 aromatic heterocycles. The fourth-order valence-electron chi connectivity index (χ4n) is 2.96. The summed E-state index contributed by atoms with van der Waals surface area (Å²) >= 11 is 1.47. The summed E-state index contributed by atoms with van der Waals surface area (Å²) in [5.74, 6) is 0.231. The van der Waals surface area contributed by atoms with Crippen molar-refractivity contribution < 1.29 is 9.53 Å². The Morgan fingerprint density at radius 1 is 1.00 bits per heavy atom. The molecular weight excluding hydrogens is 386 g/mol. The van der Waals surface area contributed by atoms with Crippen LogP contribution in [-0.2, 0) is 4.74 Å². The number of nitrogens with zero attached hydrogens (tertiary/aromatic N) is 3. The van der Waals surface area contributed by atoms with Crippen LogP contribution >= 0.6 is 11.3 Å². The van der Waals surface area contributed by atoms with Gasteiger partial charge in [-0.25, -0.2) is 19.7 Å². The standard InChI is InChI=1S/C21H19N5O2S/c1-12-5-4-6-13(2)16(12)25-21-26-17-18(22-11-23-19(17)29-21)24-15-9-7-14(8-10-15)20(27)28-3/h4-11H,1-3H3,(H,25,26)(H,22,23,24). The number of esters is 1. The molecule has 0 aliphatic heterocycles. The molecule has 0 amide bonds. The van der Waals surface area contributed by atoms with Crippen molar-refractivity contribution in [2.45, 2.75) is 13.8 Å². The second-order valence-corrected chi connectivity index (χ2v) is 7.46. The van der Waals surface area contributed by atoms with E-state index in [4.69, 9.17) is 9.72 Å². The number of aryl methyl sites for hydroxylation is 2. The topological polar surface area (TPSA) is 89.0 Å². The van der Waals surface area contributed by atoms with Crippen LogP contribution in [0.15, 0.2) is 48.8 Å². The maximum absolute atomic E-state index is 11.6. The monoisotopic (exact) mass is 405 g/mol. The molecule has 2 aromatic carbocycles. The number of fused-ring (bicyclic) bond motifs is 1. The van der Waals surface area contributed by atoms with Gasteiger partial charge in [0, 0.05) is 11.4 Å². The molecule has 0 saturated carbocycles. The Balaban J connectivity index is 1.62. The maximum atomic E-state index is 11.6. The Labute approximate surface area is 171 Å². The van der Waals surface area contributed by atoms with Gasteiger partial charge in [0.05, 0.1) is 12.7 Å². The number of ether oxygens (including phenoxy) is 1. The average molecular weight is 405 g/mol. The molecule has 0 radical (unpaired) electrons. The maximum Gasteiger partial charge on any atom is 0.337 e. The van der Waals surface area contributed by atoms with Crippen molar-refractivity contribution in [2.24, 2.45) is 0 Å². The Bertz CT molecular complexity index is 1170. The zero-order valence-corrected chi connectivity index (χ0v) is 17.0. The molecule has 4 rings (SSSR count). The van der Waals surface area contributed by atoms with Crippen molar-refractivity contribution in [3.05, 3.63) is 65.5 Å². The van der Waals surface area contributed by atoms with Gasteiger partial charge in [0.15, 0.2) is 15.8 Å². The molecule has 4 aromatic rings. The molecule has 0 unspecified atom stereocenters. The lowest BCUT2D eigenvalue weighted by atomic mass is 10.1. The third-order valence-corrected chi connectivity index (χ3v) is 5.36. The van der Waals surface area contributed by atoms with Gasteiger partial charge in [-0.1, -0.05) is 29.5 Å². The van der Waals surface area contributed by atoms with Crippen LogP contribution in [0.25, 0.3) is 10.3 Å². The minimum Gasteiger partial charge on any atom is -0.465 e. The summed E-state index contributed by atoms with van der Waals surface area (Å²) in [6.45, 7) is 4.13. The zero-order chi connectivity index (χ0) is 20.4. The molecule has 8 heteroatoms. The van der Waals surface area contributed by atoms with Gasteiger partial charge in [-0.15, -0.1) is 0 Å². The fraction of sp³-hybridized carbons (Fsp3) is 0.143. The molecule has 0 bridgehead atoms. The van der Waals surface area contributed by atoms with Crippen LogP contribution < -0.4 is 10.6 Å². The van der Waals surface area contributed by atoms with Crippen LogP contribution in [0.3, 0.4) is 0 Å². The van der Waals surface area contributed by atoms with Gasteiger partial charge in [0.25, 0.3) is 0 Å². The van der Waals surface area contributed by atoms with E-state index >= 15 is 0 Å². The molecule has 2 heterocycles. The number of methoxy groups -OCH3 is 1. The van der Waals surface area contributed by atoms with E-state index < -0.39 is 0 Å². The van der Waals surface area contributed by atoms with E-state index in [1.807, 2.05) is 6.07 Å². The van der Waals surface area contributed by atoms with E-state index in [2.05, 4.69) is 46.6 Å². The summed E-state index contributed by atoms with van der Waals surface area (Å²) in [7, 11) is 1.36. The first-order chi connectivity index (χ1) is 14.0. The van der Waals surface area contributed by atoms with Gasteiger partial charge in [-0.2, -0.15) is 0 Å². The minimum absolute atomic E-state index is 0.373. The predicted octanol–water partition coefficient (Wildman–Crippen LogP) is 4.98. The van der Waals surface area contributed by atoms with Gasteiger partial charge in [-0.05, 0) is 49.2 Å². The lowest BCUT2D eigenvalue weighted by Gasteiger charge is -2.09. The molecule has 0 aliphatic rings. The summed E-state index contributed by atoms with van der Waals surface area (Å²) in [5.41, 5.74) is 5.31. The highest BCUT2D eigenvalue weighted by Gasteiger charge is 2.13. The first-order valence-electron chi connectivity index (χ1n) is 8.95. The number of hydrogen-bond donors (Lipinski definition) is 2. The average Bonchev–Trinajstić information content (AvgIpc) is 3.15. The molecule has 0 fully saturated rings. The Morgan fingerprint density at radius 2 is 1.72 bits per heavy atom. The van der Waals surface area contributed by atoms with Crippen molar-refractivity contribution in [3.63, 3.8) is 0 Å². The number of thiazole rings is 1. The number of hydrogen-bond acceptors (Lipinski definition) is 8. The number of carbonyl (C=O) groups is 1. The molecule has 146 valence electrons. The lowest BCUT2D eigenvalue weighted by Crippen LogP contribution is -2.01. The minimum atomic E-state index is -0.373. The van der Waals surface area contributed by atoms with Crippen LogP contribution in [0.4, 0.5) is 22.3 Å². The number of aromatic nitrogens is 3. The zero-order valence-electron chi connectivity index (χ0n) is 16.2. The lowest BCUT2D eigenvalue weighted by molar-refractivity contribution is 0.0601. The highest BCUT2D eigenvalue weighted by Crippen LogP contribution is 2.32. The number of rotatable bonds is 5. The SMILES string of the molecule is COC(=O)c1ccc(Nc2ncnc3sc(Nc4c(C)cccc4C)nc23)cc1. The largest absolute Gasteiger partial charge is 0.465 e. The molecule has 0 aliphatic carbocycles. The van der Waals surface area contributed by atoms with Crippen LogP contribution in [-0.4, -0.2) is 28.0 Å². The van der Waals surface area contributed by atoms with E-state index in [1.54, 1.807) is 24.3 Å². The van der Waals surface area contributed by atoms with Gasteiger partial charge in [-0.3, -0.25) is 0 Å². The van der Waals surface area contributed by atoms with E-state index in [0.29, 0.717) is 16.9 Å². The van der Waals surface area contributed by atoms with Crippen LogP contribution in [0, 0.1) is 13.8 Å². The van der Waals surface area contributed by atoms with Crippen LogP contribution in [0.2, 0.25) is 0 Å². The summed E-state index contributed by atoms with van der Waals surface area (Å²) < 4.78 is 4.72. The fourth-order valence-corrected chi connectivity index (χ4v) is 3.77. The van der Waals surface area contributed by atoms with Gasteiger partial charge >= 0.3 is 5.97 Å². The Morgan fingerprint density at radius 3 is 2.41 bits per heavy atom. The van der Waals surface area contributed by atoms with Crippen molar-refractivity contribution in [2.75, 3.05) is 17.7 Å². The molecular formula is C21H19N5O2S. The van der Waals surface area contributed by atoms with Crippen molar-refractivity contribution >= 4 is 50.0 Å². The smallest absolute Gasteiger partial charge is 0.337 e. The normalized spacial score (nSPS) is 10.7. The molecule has 0 spiro atoms. The van der Waals surface area contributed by atoms with Crippen molar-refractivity contribution in [1.82, 2.24) is 15.0 Å². The third kappa shape index (κ3) is 3.88. The van der Waals surface area contributed by atoms with E-state index in [-0.39, 0.29) is 5.97 Å². The quantitative estimate of drug-likeness (QED) is 0.453. The van der Waals surface area contributed by atoms with Gasteiger partial charge < -0.3 is 15.4 Å². The van der Waals surface area contributed by atoms with Crippen LogP contribution in [0.5, 0.6) is 0 Å². The second-order valence-electron chi connectivity index (χ2n) is 6.48. The number of anilines is 4. The highest BCUT2D eigenvalue weighted by atomic mass is 32.1. The molecule has 2 N–H and O–H groups in total. The summed E-state index contributed by atoms with van der Waals surface area (Å²) in [4.78, 5) is 25.7. The molecule has 0 atom stereocenters. The number of nitrogens with one attached hydrogen (secondary N) is 2. The highest BCUT2D eigenvalue weighted by molar-refractivity contribution is 7.21. The van der Waals surface area contributed by atoms with E-state index in [0.717, 1.165) is 32.5 Å². The van der Waals surface area contributed by atoms with Crippen molar-refractivity contribution in [1.29, 1.82) is 0 Å². The Hall–Kier alpha value is -3.52. The molecule has 0 saturated heterocycles. The predicted molar refractivity (Wildman–Crippen MR) is 115 cm³/mol. The van der Waals surface area contributed by atoms with E-state index in [1.165, 1.54) is 24.8 Å². The summed E-state index contributed by atoms with van der Waals surface area (Å²) in [5, 5.41) is 7.40. The second kappa shape index (κ2) is 7.84. The number of benzene rings is 2. The molecule has 29 heavy (non-hydrogen) atoms. The summed E-state index contributed by atoms with van der Waals surface area (Å²) in [6, 6.07) is 13.1. The van der Waals surface area contributed by atoms with Gasteiger partial charge in [0.2, 0.25) is 0 Å². The number of carbonyl (C=O) groups excluding carboxylic acids is 1. The first-order valence-corrected chi connectivity index (χ1v) is 9.77.